The van der Waals surface area contributed by atoms with Crippen molar-refractivity contribution in [2.45, 2.75) is 110 Å². The van der Waals surface area contributed by atoms with Crippen molar-refractivity contribution in [2.24, 2.45) is 46.3 Å². The second-order valence-electron chi connectivity index (χ2n) is 13.2. The summed E-state index contributed by atoms with van der Waals surface area (Å²) in [6.45, 7) is 9.88. The molecule has 6 nitrogen and oxygen atoms in total. The normalized spacial score (nSPS) is 47.7. The summed E-state index contributed by atoms with van der Waals surface area (Å²) in [4.78, 5) is 37.2. The Labute approximate surface area is 210 Å². The fraction of sp³-hybridized carbons (Fsp3) is 0.897. The molecule has 0 radical (unpaired) electrons. The summed E-state index contributed by atoms with van der Waals surface area (Å²) in [6.07, 6.45) is 7.20. The zero-order chi connectivity index (χ0) is 26.0. The van der Waals surface area contributed by atoms with Gasteiger partial charge in [0.15, 0.2) is 11.6 Å². The smallest absolute Gasteiger partial charge is 0.305 e. The standard InChI is InChI=1S/C29H46O6/c1-17(7-10-24(32)35-6)21-8-9-22-25-23(11-12-27(21,22)5)26(4)13-14-28(33,18(2)30)15-20(26)16-29(25,34)19(3)31/h17,20-23,25,33-34H,7-16H2,1-6H3/t17-,20?,21-,22+,23+,25+,26+,27-,28-,29+/m1/s1. The minimum atomic E-state index is -1.42. The maximum absolute atomic E-state index is 13.1. The van der Waals surface area contributed by atoms with Crippen molar-refractivity contribution < 1.29 is 29.3 Å². The predicted octanol–water partition coefficient (Wildman–Crippen LogP) is 4.48. The topological polar surface area (TPSA) is 101 Å². The van der Waals surface area contributed by atoms with Gasteiger partial charge in [0, 0.05) is 12.3 Å². The molecule has 0 heterocycles. The summed E-state index contributed by atoms with van der Waals surface area (Å²) >= 11 is 0. The number of ketones is 2. The van der Waals surface area contributed by atoms with Gasteiger partial charge in [-0.1, -0.05) is 20.8 Å². The number of carbonyl (C=O) groups excluding carboxylic acids is 3. The van der Waals surface area contributed by atoms with Gasteiger partial charge >= 0.3 is 5.97 Å². The Morgan fingerprint density at radius 2 is 1.57 bits per heavy atom. The van der Waals surface area contributed by atoms with Crippen LogP contribution in [0.4, 0.5) is 0 Å². The van der Waals surface area contributed by atoms with Gasteiger partial charge in [0.05, 0.1) is 7.11 Å². The van der Waals surface area contributed by atoms with Crippen LogP contribution in [0.1, 0.15) is 98.8 Å². The van der Waals surface area contributed by atoms with Crippen LogP contribution in [-0.4, -0.2) is 46.1 Å². The van der Waals surface area contributed by atoms with Crippen molar-refractivity contribution in [3.05, 3.63) is 0 Å². The van der Waals surface area contributed by atoms with Gasteiger partial charge in [-0.25, -0.2) is 0 Å². The molecule has 0 bridgehead atoms. The molecule has 0 aliphatic heterocycles. The van der Waals surface area contributed by atoms with Crippen LogP contribution in [0.25, 0.3) is 0 Å². The molecule has 0 amide bonds. The van der Waals surface area contributed by atoms with Crippen LogP contribution in [-0.2, 0) is 19.1 Å². The summed E-state index contributed by atoms with van der Waals surface area (Å²) in [6, 6.07) is 0. The highest BCUT2D eigenvalue weighted by molar-refractivity contribution is 5.86. The molecule has 4 rings (SSSR count). The highest BCUT2D eigenvalue weighted by atomic mass is 16.5. The van der Waals surface area contributed by atoms with Gasteiger partial charge in [0.1, 0.15) is 11.2 Å². The number of ether oxygens (including phenoxy) is 1. The van der Waals surface area contributed by atoms with Crippen molar-refractivity contribution >= 4 is 17.5 Å². The second-order valence-corrected chi connectivity index (χ2v) is 13.2. The molecule has 6 heteroatoms. The highest BCUT2D eigenvalue weighted by Gasteiger charge is 2.68. The number of methoxy groups -OCH3 is 1. The average Bonchev–Trinajstić information content (AvgIpc) is 3.15. The number of esters is 1. The lowest BCUT2D eigenvalue weighted by molar-refractivity contribution is -0.223. The molecule has 0 spiro atoms. The van der Waals surface area contributed by atoms with E-state index in [4.69, 9.17) is 4.74 Å². The molecule has 0 aromatic rings. The molecule has 2 N–H and O–H groups in total. The van der Waals surface area contributed by atoms with Crippen molar-refractivity contribution in [3.8, 4) is 0 Å². The van der Waals surface area contributed by atoms with Gasteiger partial charge in [-0.15, -0.1) is 0 Å². The third-order valence-corrected chi connectivity index (χ3v) is 11.9. The summed E-state index contributed by atoms with van der Waals surface area (Å²) in [7, 11) is 1.43. The van der Waals surface area contributed by atoms with E-state index in [0.29, 0.717) is 37.5 Å². The Balaban J connectivity index is 1.65. The van der Waals surface area contributed by atoms with E-state index >= 15 is 0 Å². The van der Waals surface area contributed by atoms with E-state index in [0.717, 1.165) is 38.5 Å². The molecule has 1 unspecified atom stereocenters. The van der Waals surface area contributed by atoms with Crippen molar-refractivity contribution in [2.75, 3.05) is 7.11 Å². The van der Waals surface area contributed by atoms with Gasteiger partial charge in [-0.3, -0.25) is 14.4 Å². The second kappa shape index (κ2) is 8.93. The van der Waals surface area contributed by atoms with Crippen LogP contribution in [0.15, 0.2) is 0 Å². The van der Waals surface area contributed by atoms with E-state index in [9.17, 15) is 24.6 Å². The SMILES string of the molecule is COC(=O)CC[C@@H](C)[C@H]1CC[C@H]2[C@H]3[C@H](CC[C@]12C)[C@@]1(C)CC[C@](O)(C(C)=O)CC1C[C@]3(O)C(C)=O. The zero-order valence-electron chi connectivity index (χ0n) is 22.6. The Morgan fingerprint density at radius 1 is 0.914 bits per heavy atom. The Hall–Kier alpha value is -1.27. The first-order chi connectivity index (χ1) is 16.2. The fourth-order valence-electron chi connectivity index (χ4n) is 9.60. The van der Waals surface area contributed by atoms with E-state index in [-0.39, 0.29) is 52.0 Å². The zero-order valence-corrected chi connectivity index (χ0v) is 22.6. The van der Waals surface area contributed by atoms with Crippen molar-refractivity contribution in [3.63, 3.8) is 0 Å². The highest BCUT2D eigenvalue weighted by Crippen LogP contribution is 2.70. The molecule has 4 aliphatic rings. The average molecular weight is 491 g/mol. The number of rotatable bonds is 6. The van der Waals surface area contributed by atoms with Gasteiger partial charge in [0.2, 0.25) is 0 Å². The summed E-state index contributed by atoms with van der Waals surface area (Å²) in [5, 5.41) is 23.2. The fourth-order valence-corrected chi connectivity index (χ4v) is 9.60. The minimum Gasteiger partial charge on any atom is -0.469 e. The quantitative estimate of drug-likeness (QED) is 0.532. The van der Waals surface area contributed by atoms with E-state index in [1.807, 2.05) is 0 Å². The molecule has 0 saturated heterocycles. The lowest BCUT2D eigenvalue weighted by atomic mass is 9.40. The Morgan fingerprint density at radius 3 is 2.17 bits per heavy atom. The van der Waals surface area contributed by atoms with Crippen LogP contribution >= 0.6 is 0 Å². The third kappa shape index (κ3) is 4.02. The van der Waals surface area contributed by atoms with Crippen molar-refractivity contribution in [1.82, 2.24) is 0 Å². The molecule has 4 saturated carbocycles. The number of carbonyl (C=O) groups is 3. The minimum absolute atomic E-state index is 0.0259. The van der Waals surface area contributed by atoms with Crippen LogP contribution < -0.4 is 0 Å². The van der Waals surface area contributed by atoms with E-state index in [2.05, 4.69) is 20.8 Å². The van der Waals surface area contributed by atoms with E-state index in [1.54, 1.807) is 0 Å². The van der Waals surface area contributed by atoms with Crippen LogP contribution in [0.2, 0.25) is 0 Å². The first-order valence-corrected chi connectivity index (χ1v) is 13.8. The summed E-state index contributed by atoms with van der Waals surface area (Å²) in [5.74, 6) is 0.595. The van der Waals surface area contributed by atoms with Gasteiger partial charge < -0.3 is 14.9 Å². The van der Waals surface area contributed by atoms with Crippen LogP contribution in [0, 0.1) is 46.3 Å². The number of hydrogen-bond donors (Lipinski definition) is 2. The van der Waals surface area contributed by atoms with E-state index in [1.165, 1.54) is 21.0 Å². The molecular formula is C29H46O6. The number of Topliss-reactive ketones (excluding diaryl/α,β-unsaturated/α-hetero) is 2. The molecule has 0 aromatic carbocycles. The molecular weight excluding hydrogens is 444 g/mol. The number of aliphatic hydroxyl groups is 2. The van der Waals surface area contributed by atoms with Crippen LogP contribution in [0.5, 0.6) is 0 Å². The predicted molar refractivity (Wildman–Crippen MR) is 132 cm³/mol. The number of hydrogen-bond acceptors (Lipinski definition) is 6. The maximum Gasteiger partial charge on any atom is 0.305 e. The first-order valence-electron chi connectivity index (χ1n) is 13.8. The van der Waals surface area contributed by atoms with Crippen LogP contribution in [0.3, 0.4) is 0 Å². The molecule has 10 atom stereocenters. The molecule has 198 valence electrons. The van der Waals surface area contributed by atoms with E-state index < -0.39 is 11.2 Å². The molecule has 4 aliphatic carbocycles. The van der Waals surface area contributed by atoms with Gasteiger partial charge in [-0.2, -0.15) is 0 Å². The Bertz CT molecular complexity index is 884. The summed E-state index contributed by atoms with van der Waals surface area (Å²) in [5.41, 5.74) is -2.83. The van der Waals surface area contributed by atoms with Gasteiger partial charge in [0.25, 0.3) is 0 Å². The monoisotopic (exact) mass is 490 g/mol. The van der Waals surface area contributed by atoms with Crippen molar-refractivity contribution in [1.29, 1.82) is 0 Å². The largest absolute Gasteiger partial charge is 0.469 e. The lowest BCUT2D eigenvalue weighted by Crippen LogP contribution is -2.67. The third-order valence-electron chi connectivity index (χ3n) is 11.9. The number of fused-ring (bicyclic) bond motifs is 5. The van der Waals surface area contributed by atoms with Gasteiger partial charge in [-0.05, 0) is 112 Å². The first kappa shape index (κ1) is 26.8. The molecule has 35 heavy (non-hydrogen) atoms. The molecule has 4 fully saturated rings. The Kier molecular flexibility index (Phi) is 6.84. The molecule has 0 aromatic heterocycles. The maximum atomic E-state index is 13.1. The lowest BCUT2D eigenvalue weighted by Gasteiger charge is -2.65. The summed E-state index contributed by atoms with van der Waals surface area (Å²) < 4.78 is 4.86.